The molecule has 0 saturated carbocycles. The first-order valence-corrected chi connectivity index (χ1v) is 5.50. The van der Waals surface area contributed by atoms with Crippen molar-refractivity contribution < 1.29 is 0 Å². The molecule has 0 radical (unpaired) electrons. The average molecular weight is 209 g/mol. The molecule has 1 saturated heterocycles. The van der Waals surface area contributed by atoms with Gasteiger partial charge in [-0.15, -0.1) is 0 Å². The van der Waals surface area contributed by atoms with E-state index in [2.05, 4.69) is 16.7 Å². The van der Waals surface area contributed by atoms with Crippen LogP contribution in [0.2, 0.25) is 5.02 Å². The van der Waals surface area contributed by atoms with Crippen LogP contribution in [-0.2, 0) is 0 Å². The summed E-state index contributed by atoms with van der Waals surface area (Å²) in [6.07, 6.45) is 1.21. The summed E-state index contributed by atoms with van der Waals surface area (Å²) < 4.78 is 0. The van der Waals surface area contributed by atoms with E-state index in [1.54, 1.807) is 0 Å². The van der Waals surface area contributed by atoms with Crippen LogP contribution in [0, 0.1) is 0 Å². The minimum absolute atomic E-state index is 0.540. The second-order valence-corrected chi connectivity index (χ2v) is 4.46. The quantitative estimate of drug-likeness (QED) is 0.683. The molecule has 0 spiro atoms. The Hall–Kier alpha value is -0.730. The van der Waals surface area contributed by atoms with Crippen LogP contribution in [0.4, 0.5) is 5.69 Å². The third-order valence-corrected chi connectivity index (χ3v) is 3.57. The van der Waals surface area contributed by atoms with E-state index in [4.69, 9.17) is 11.6 Å². The van der Waals surface area contributed by atoms with Crippen LogP contribution >= 0.6 is 11.6 Å². The first-order valence-electron chi connectivity index (χ1n) is 5.12. The van der Waals surface area contributed by atoms with Crippen molar-refractivity contribution in [3.05, 3.63) is 28.8 Å². The molecule has 0 bridgehead atoms. The van der Waals surface area contributed by atoms with E-state index in [9.17, 15) is 0 Å². The zero-order chi connectivity index (χ0) is 9.54. The maximum Gasteiger partial charge on any atom is 0.0640 e. The molecule has 2 aliphatic rings. The van der Waals surface area contributed by atoms with E-state index in [1.807, 2.05) is 12.1 Å². The molecule has 3 rings (SSSR count). The molecule has 2 unspecified atom stereocenters. The van der Waals surface area contributed by atoms with Crippen LogP contribution in [0.15, 0.2) is 18.2 Å². The van der Waals surface area contributed by atoms with Crippen molar-refractivity contribution >= 4 is 17.3 Å². The fourth-order valence-corrected chi connectivity index (χ4v) is 2.81. The first kappa shape index (κ1) is 8.57. The van der Waals surface area contributed by atoms with E-state index in [1.165, 1.54) is 12.0 Å². The minimum atomic E-state index is 0.540. The number of benzene rings is 1. The van der Waals surface area contributed by atoms with Crippen LogP contribution in [0.25, 0.3) is 0 Å². The Morgan fingerprint density at radius 3 is 3.21 bits per heavy atom. The van der Waals surface area contributed by atoms with Gasteiger partial charge >= 0.3 is 0 Å². The topological polar surface area (TPSA) is 24.1 Å². The lowest BCUT2D eigenvalue weighted by Crippen LogP contribution is -2.40. The van der Waals surface area contributed by atoms with Crippen molar-refractivity contribution in [3.8, 4) is 0 Å². The molecule has 2 N–H and O–H groups in total. The van der Waals surface area contributed by atoms with Gasteiger partial charge in [0.25, 0.3) is 0 Å². The third kappa shape index (κ3) is 1.14. The maximum atomic E-state index is 6.15. The standard InChI is InChI=1S/C11H13ClN2/c12-9-3-1-2-8-7-4-5-13-6-10(7)14-11(8)9/h1-3,7,10,13-14H,4-6H2. The SMILES string of the molecule is Clc1cccc2c1NC1CNCCC21. The van der Waals surface area contributed by atoms with Crippen LogP contribution in [0.1, 0.15) is 17.9 Å². The summed E-state index contributed by atoms with van der Waals surface area (Å²) in [5.74, 6) is 0.657. The smallest absolute Gasteiger partial charge is 0.0640 e. The van der Waals surface area contributed by atoms with Crippen molar-refractivity contribution in [2.75, 3.05) is 18.4 Å². The van der Waals surface area contributed by atoms with Gasteiger partial charge in [0.05, 0.1) is 10.7 Å². The second kappa shape index (κ2) is 3.14. The summed E-state index contributed by atoms with van der Waals surface area (Å²) in [4.78, 5) is 0. The first-order chi connectivity index (χ1) is 6.86. The van der Waals surface area contributed by atoms with Crippen LogP contribution in [0.3, 0.4) is 0 Å². The summed E-state index contributed by atoms with van der Waals surface area (Å²) in [7, 11) is 0. The van der Waals surface area contributed by atoms with Crippen molar-refractivity contribution in [3.63, 3.8) is 0 Å². The Labute approximate surface area is 88.6 Å². The Morgan fingerprint density at radius 2 is 2.29 bits per heavy atom. The van der Waals surface area contributed by atoms with Gasteiger partial charge in [0.1, 0.15) is 0 Å². The van der Waals surface area contributed by atoms with Gasteiger partial charge in [0.15, 0.2) is 0 Å². The summed E-state index contributed by atoms with van der Waals surface area (Å²) >= 11 is 6.15. The van der Waals surface area contributed by atoms with E-state index in [-0.39, 0.29) is 0 Å². The average Bonchev–Trinajstić information content (AvgIpc) is 2.59. The monoisotopic (exact) mass is 208 g/mol. The molecule has 2 aliphatic heterocycles. The Kier molecular flexibility index (Phi) is 1.92. The van der Waals surface area contributed by atoms with E-state index < -0.39 is 0 Å². The minimum Gasteiger partial charge on any atom is -0.379 e. The van der Waals surface area contributed by atoms with Crippen molar-refractivity contribution in [2.45, 2.75) is 18.4 Å². The molecule has 2 heterocycles. The maximum absolute atomic E-state index is 6.15. The Morgan fingerprint density at radius 1 is 1.36 bits per heavy atom. The lowest BCUT2D eigenvalue weighted by atomic mass is 9.89. The number of halogens is 1. The van der Waals surface area contributed by atoms with Crippen molar-refractivity contribution in [2.24, 2.45) is 0 Å². The molecule has 2 atom stereocenters. The van der Waals surface area contributed by atoms with Crippen molar-refractivity contribution in [1.82, 2.24) is 5.32 Å². The third-order valence-electron chi connectivity index (χ3n) is 3.26. The Balaban J connectivity index is 2.05. The van der Waals surface area contributed by atoms with Crippen molar-refractivity contribution in [1.29, 1.82) is 0 Å². The summed E-state index contributed by atoms with van der Waals surface area (Å²) in [6, 6.07) is 6.74. The highest BCUT2D eigenvalue weighted by Crippen LogP contribution is 2.42. The molecule has 2 nitrogen and oxygen atoms in total. The molecule has 14 heavy (non-hydrogen) atoms. The molecule has 1 aromatic rings. The zero-order valence-electron chi connectivity index (χ0n) is 7.89. The molecule has 0 aliphatic carbocycles. The molecule has 0 aromatic heterocycles. The molecule has 0 amide bonds. The van der Waals surface area contributed by atoms with Gasteiger partial charge in [-0.2, -0.15) is 0 Å². The number of para-hydroxylation sites is 1. The van der Waals surface area contributed by atoms with Gasteiger partial charge < -0.3 is 10.6 Å². The van der Waals surface area contributed by atoms with E-state index in [0.29, 0.717) is 12.0 Å². The van der Waals surface area contributed by atoms with Gasteiger partial charge in [0.2, 0.25) is 0 Å². The molecule has 1 aromatic carbocycles. The van der Waals surface area contributed by atoms with Gasteiger partial charge in [-0.25, -0.2) is 0 Å². The molecular weight excluding hydrogens is 196 g/mol. The predicted octanol–water partition coefficient (Wildman–Crippen LogP) is 2.21. The normalized spacial score (nSPS) is 29.2. The van der Waals surface area contributed by atoms with Crippen LogP contribution in [0.5, 0.6) is 0 Å². The van der Waals surface area contributed by atoms with E-state index >= 15 is 0 Å². The number of fused-ring (bicyclic) bond motifs is 3. The second-order valence-electron chi connectivity index (χ2n) is 4.05. The lowest BCUT2D eigenvalue weighted by Gasteiger charge is -2.26. The number of piperidine rings is 1. The Bertz CT molecular complexity index is 364. The number of anilines is 1. The largest absolute Gasteiger partial charge is 0.379 e. The highest BCUT2D eigenvalue weighted by molar-refractivity contribution is 6.33. The molecule has 74 valence electrons. The van der Waals surface area contributed by atoms with Gasteiger partial charge in [-0.3, -0.25) is 0 Å². The molecule has 1 fully saturated rings. The zero-order valence-corrected chi connectivity index (χ0v) is 8.64. The van der Waals surface area contributed by atoms with Crippen LogP contribution < -0.4 is 10.6 Å². The fourth-order valence-electron chi connectivity index (χ4n) is 2.57. The summed E-state index contributed by atoms with van der Waals surface area (Å²) in [5, 5.41) is 7.77. The van der Waals surface area contributed by atoms with E-state index in [0.717, 1.165) is 23.8 Å². The number of nitrogens with one attached hydrogen (secondary N) is 2. The van der Waals surface area contributed by atoms with Gasteiger partial charge in [-0.05, 0) is 24.6 Å². The molecule has 3 heteroatoms. The fraction of sp³-hybridized carbons (Fsp3) is 0.455. The van der Waals surface area contributed by atoms with Crippen LogP contribution in [-0.4, -0.2) is 19.1 Å². The number of hydrogen-bond donors (Lipinski definition) is 2. The number of hydrogen-bond acceptors (Lipinski definition) is 2. The number of rotatable bonds is 0. The summed E-state index contributed by atoms with van der Waals surface area (Å²) in [6.45, 7) is 2.17. The van der Waals surface area contributed by atoms with Gasteiger partial charge in [0, 0.05) is 18.5 Å². The van der Waals surface area contributed by atoms with Gasteiger partial charge in [-0.1, -0.05) is 23.7 Å². The summed E-state index contributed by atoms with van der Waals surface area (Å²) in [5.41, 5.74) is 2.57. The molecular formula is C11H13ClN2. The highest BCUT2D eigenvalue weighted by Gasteiger charge is 2.34. The highest BCUT2D eigenvalue weighted by atomic mass is 35.5. The predicted molar refractivity (Wildman–Crippen MR) is 59.1 cm³/mol. The lowest BCUT2D eigenvalue weighted by molar-refractivity contribution is 0.439.